The summed E-state index contributed by atoms with van der Waals surface area (Å²) < 4.78 is 1.75. The predicted octanol–water partition coefficient (Wildman–Crippen LogP) is 0.768. The molecule has 1 heterocycles. The zero-order valence-corrected chi connectivity index (χ0v) is 8.82. The normalized spacial score (nSPS) is 12.6. The van der Waals surface area contributed by atoms with Crippen LogP contribution >= 0.6 is 0 Å². The van der Waals surface area contributed by atoms with E-state index in [9.17, 15) is 5.11 Å². The Morgan fingerprint density at radius 2 is 1.94 bits per heavy atom. The average Bonchev–Trinajstić information content (AvgIpc) is 2.78. The molecule has 1 aromatic heterocycles. The lowest BCUT2D eigenvalue weighted by Crippen LogP contribution is -2.15. The third kappa shape index (κ3) is 2.48. The van der Waals surface area contributed by atoms with E-state index in [-0.39, 0.29) is 6.61 Å². The van der Waals surface area contributed by atoms with Gasteiger partial charge in [-0.15, -0.1) is 0 Å². The highest BCUT2D eigenvalue weighted by molar-refractivity contribution is 5.30. The van der Waals surface area contributed by atoms with Gasteiger partial charge in [-0.3, -0.25) is 0 Å². The molecule has 0 aliphatic rings. The number of nitrogens with zero attached hydrogens (tertiary/aromatic N) is 2. The molecule has 0 fully saturated rings. The number of aliphatic hydroxyl groups excluding tert-OH is 2. The van der Waals surface area contributed by atoms with Crippen LogP contribution in [0, 0.1) is 0 Å². The summed E-state index contributed by atoms with van der Waals surface area (Å²) >= 11 is 0. The van der Waals surface area contributed by atoms with Crippen molar-refractivity contribution >= 4 is 0 Å². The minimum atomic E-state index is -0.737. The van der Waals surface area contributed by atoms with Crippen molar-refractivity contribution in [1.82, 2.24) is 9.78 Å². The summed E-state index contributed by atoms with van der Waals surface area (Å²) in [5.74, 6) is 0. The number of aliphatic hydroxyl groups is 2. The van der Waals surface area contributed by atoms with E-state index in [4.69, 9.17) is 5.11 Å². The van der Waals surface area contributed by atoms with Gasteiger partial charge in [-0.05, 0) is 18.2 Å². The van der Waals surface area contributed by atoms with Crippen molar-refractivity contribution in [2.45, 2.75) is 12.5 Å². The monoisotopic (exact) mass is 218 g/mol. The van der Waals surface area contributed by atoms with E-state index in [0.717, 1.165) is 11.4 Å². The molecule has 0 bridgehead atoms. The molecule has 4 heteroatoms. The third-order valence-electron chi connectivity index (χ3n) is 2.32. The summed E-state index contributed by atoms with van der Waals surface area (Å²) in [7, 11) is 0. The first-order valence-corrected chi connectivity index (χ1v) is 5.18. The fourth-order valence-electron chi connectivity index (χ4n) is 1.50. The molecule has 16 heavy (non-hydrogen) atoms. The maximum atomic E-state index is 9.29. The van der Waals surface area contributed by atoms with Gasteiger partial charge in [-0.1, -0.05) is 18.2 Å². The zero-order chi connectivity index (χ0) is 11.4. The van der Waals surface area contributed by atoms with Gasteiger partial charge in [0.25, 0.3) is 0 Å². The van der Waals surface area contributed by atoms with E-state index in [1.54, 1.807) is 4.68 Å². The largest absolute Gasteiger partial charge is 0.394 e. The molecule has 1 atom stereocenters. The van der Waals surface area contributed by atoms with Crippen molar-refractivity contribution in [3.05, 3.63) is 48.3 Å². The second kappa shape index (κ2) is 4.92. The number of hydrogen-bond acceptors (Lipinski definition) is 3. The highest BCUT2D eigenvalue weighted by Gasteiger charge is 2.06. The molecule has 1 aromatic carbocycles. The van der Waals surface area contributed by atoms with Crippen LogP contribution in [0.25, 0.3) is 5.69 Å². The fraction of sp³-hybridized carbons (Fsp3) is 0.250. The van der Waals surface area contributed by atoms with Gasteiger partial charge in [-0.2, -0.15) is 5.10 Å². The van der Waals surface area contributed by atoms with Crippen LogP contribution in [0.5, 0.6) is 0 Å². The molecule has 0 saturated carbocycles. The van der Waals surface area contributed by atoms with Gasteiger partial charge >= 0.3 is 0 Å². The first-order valence-electron chi connectivity index (χ1n) is 5.18. The Kier molecular flexibility index (Phi) is 3.34. The second-order valence-electron chi connectivity index (χ2n) is 3.63. The topological polar surface area (TPSA) is 58.3 Å². The molecule has 0 spiro atoms. The zero-order valence-electron chi connectivity index (χ0n) is 8.82. The van der Waals surface area contributed by atoms with Crippen molar-refractivity contribution in [2.24, 2.45) is 0 Å². The number of para-hydroxylation sites is 1. The Morgan fingerprint density at radius 1 is 1.19 bits per heavy atom. The van der Waals surface area contributed by atoms with Crippen LogP contribution in [0.4, 0.5) is 0 Å². The minimum Gasteiger partial charge on any atom is -0.394 e. The molecular weight excluding hydrogens is 204 g/mol. The maximum Gasteiger partial charge on any atom is 0.0826 e. The molecule has 2 aromatic rings. The maximum absolute atomic E-state index is 9.29. The second-order valence-corrected chi connectivity index (χ2v) is 3.63. The number of hydrogen-bond donors (Lipinski definition) is 2. The van der Waals surface area contributed by atoms with Crippen molar-refractivity contribution < 1.29 is 10.2 Å². The average molecular weight is 218 g/mol. The lowest BCUT2D eigenvalue weighted by molar-refractivity contribution is 0.0946. The van der Waals surface area contributed by atoms with Gasteiger partial charge in [0, 0.05) is 12.6 Å². The molecule has 0 unspecified atom stereocenters. The lowest BCUT2D eigenvalue weighted by Gasteiger charge is -2.03. The number of benzene rings is 1. The van der Waals surface area contributed by atoms with E-state index >= 15 is 0 Å². The molecular formula is C12H14N2O2. The first-order chi connectivity index (χ1) is 7.79. The Bertz CT molecular complexity index is 439. The van der Waals surface area contributed by atoms with Gasteiger partial charge in [-0.25, -0.2) is 4.68 Å². The minimum absolute atomic E-state index is 0.238. The van der Waals surface area contributed by atoms with Crippen molar-refractivity contribution in [3.63, 3.8) is 0 Å². The number of rotatable bonds is 4. The van der Waals surface area contributed by atoms with Gasteiger partial charge in [0.05, 0.1) is 24.1 Å². The predicted molar refractivity (Wildman–Crippen MR) is 60.4 cm³/mol. The van der Waals surface area contributed by atoms with E-state index < -0.39 is 6.10 Å². The number of aromatic nitrogens is 2. The third-order valence-corrected chi connectivity index (χ3v) is 2.32. The molecule has 84 valence electrons. The smallest absolute Gasteiger partial charge is 0.0826 e. The van der Waals surface area contributed by atoms with Crippen LogP contribution in [-0.2, 0) is 6.42 Å². The summed E-state index contributed by atoms with van der Waals surface area (Å²) in [6.07, 6.45) is 1.48. The van der Waals surface area contributed by atoms with Crippen LogP contribution in [0.1, 0.15) is 5.69 Å². The standard InChI is InChI=1S/C12H14N2O2/c15-9-12(16)8-10-6-7-14(13-10)11-4-2-1-3-5-11/h1-7,12,15-16H,8-9H2/t12-/m1/s1. The van der Waals surface area contributed by atoms with E-state index in [2.05, 4.69) is 5.10 Å². The highest BCUT2D eigenvalue weighted by Crippen LogP contribution is 2.07. The van der Waals surface area contributed by atoms with Gasteiger partial charge < -0.3 is 10.2 Å². The summed E-state index contributed by atoms with van der Waals surface area (Å²) in [6.45, 7) is -0.238. The van der Waals surface area contributed by atoms with Crippen LogP contribution < -0.4 is 0 Å². The molecule has 0 saturated heterocycles. The lowest BCUT2D eigenvalue weighted by atomic mass is 10.2. The fourth-order valence-corrected chi connectivity index (χ4v) is 1.50. The van der Waals surface area contributed by atoms with Crippen molar-refractivity contribution in [1.29, 1.82) is 0 Å². The van der Waals surface area contributed by atoms with Crippen LogP contribution in [0.3, 0.4) is 0 Å². The molecule has 0 aliphatic carbocycles. The highest BCUT2D eigenvalue weighted by atomic mass is 16.3. The Morgan fingerprint density at radius 3 is 2.62 bits per heavy atom. The molecule has 0 radical (unpaired) electrons. The Hall–Kier alpha value is -1.65. The van der Waals surface area contributed by atoms with Gasteiger partial charge in [0.15, 0.2) is 0 Å². The van der Waals surface area contributed by atoms with Gasteiger partial charge in [0.1, 0.15) is 0 Å². The molecule has 2 N–H and O–H groups in total. The van der Waals surface area contributed by atoms with E-state index in [0.29, 0.717) is 6.42 Å². The van der Waals surface area contributed by atoms with Crippen molar-refractivity contribution in [3.8, 4) is 5.69 Å². The quantitative estimate of drug-likeness (QED) is 0.796. The van der Waals surface area contributed by atoms with Crippen LogP contribution in [0.15, 0.2) is 42.6 Å². The van der Waals surface area contributed by atoms with E-state index in [1.807, 2.05) is 42.6 Å². The molecule has 2 rings (SSSR count). The molecule has 4 nitrogen and oxygen atoms in total. The molecule has 0 amide bonds. The summed E-state index contributed by atoms with van der Waals surface area (Å²) in [5.41, 5.74) is 1.75. The van der Waals surface area contributed by atoms with Gasteiger partial charge in [0.2, 0.25) is 0 Å². The Labute approximate surface area is 93.8 Å². The van der Waals surface area contributed by atoms with Crippen LogP contribution in [-0.4, -0.2) is 32.7 Å². The van der Waals surface area contributed by atoms with Crippen molar-refractivity contribution in [2.75, 3.05) is 6.61 Å². The SMILES string of the molecule is OC[C@H](O)Cc1ccn(-c2ccccc2)n1. The Balaban J connectivity index is 2.14. The summed E-state index contributed by atoms with van der Waals surface area (Å²) in [4.78, 5) is 0. The first kappa shape index (κ1) is 10.9. The van der Waals surface area contributed by atoms with E-state index in [1.165, 1.54) is 0 Å². The van der Waals surface area contributed by atoms with Crippen LogP contribution in [0.2, 0.25) is 0 Å². The summed E-state index contributed by atoms with van der Waals surface area (Å²) in [6, 6.07) is 11.6. The summed E-state index contributed by atoms with van der Waals surface area (Å²) in [5, 5.41) is 22.3. The molecule has 0 aliphatic heterocycles.